The molecule has 1 aromatic heterocycles. The van der Waals surface area contributed by atoms with E-state index in [1.54, 1.807) is 13.4 Å². The molecule has 2 heterocycles. The Hall–Kier alpha value is -2.14. The zero-order chi connectivity index (χ0) is 15.2. The Morgan fingerprint density at radius 2 is 2.23 bits per heavy atom. The summed E-state index contributed by atoms with van der Waals surface area (Å²) < 4.78 is 5.17. The smallest absolute Gasteiger partial charge is 0.137 e. The molecular formula is C17H22N4O. The summed E-state index contributed by atoms with van der Waals surface area (Å²) in [5.74, 6) is 2.39. The van der Waals surface area contributed by atoms with Crippen LogP contribution in [0.3, 0.4) is 0 Å². The van der Waals surface area contributed by atoms with Crippen molar-refractivity contribution in [3.05, 3.63) is 48.1 Å². The fourth-order valence-corrected chi connectivity index (χ4v) is 2.91. The number of ether oxygens (including phenoxy) is 1. The predicted molar refractivity (Wildman–Crippen MR) is 86.8 cm³/mol. The van der Waals surface area contributed by atoms with E-state index >= 15 is 0 Å². The van der Waals surface area contributed by atoms with Crippen molar-refractivity contribution in [1.82, 2.24) is 20.1 Å². The molecule has 1 aliphatic rings. The molecule has 0 bridgehead atoms. The minimum absolute atomic E-state index is 0.477. The number of H-pyrrole nitrogens is 1. The van der Waals surface area contributed by atoms with Crippen molar-refractivity contribution in [3.8, 4) is 5.75 Å². The van der Waals surface area contributed by atoms with Crippen molar-refractivity contribution in [2.75, 3.05) is 26.7 Å². The van der Waals surface area contributed by atoms with Crippen LogP contribution in [0.5, 0.6) is 5.75 Å². The van der Waals surface area contributed by atoms with Crippen molar-refractivity contribution in [3.63, 3.8) is 0 Å². The highest BCUT2D eigenvalue weighted by atomic mass is 16.5. The molecular weight excluding hydrogens is 276 g/mol. The second-order valence-corrected chi connectivity index (χ2v) is 5.64. The largest absolute Gasteiger partial charge is 0.497 e. The van der Waals surface area contributed by atoms with Crippen LogP contribution >= 0.6 is 0 Å². The maximum atomic E-state index is 5.17. The van der Waals surface area contributed by atoms with Crippen molar-refractivity contribution >= 4 is 6.08 Å². The first kappa shape index (κ1) is 14.8. The number of likely N-dealkylation sites (tertiary alicyclic amines) is 1. The van der Waals surface area contributed by atoms with Gasteiger partial charge in [0, 0.05) is 19.0 Å². The van der Waals surface area contributed by atoms with Gasteiger partial charge in [0.2, 0.25) is 0 Å². The van der Waals surface area contributed by atoms with Gasteiger partial charge in [-0.25, -0.2) is 4.98 Å². The molecule has 0 aliphatic carbocycles. The third-order valence-electron chi connectivity index (χ3n) is 4.12. The average molecular weight is 298 g/mol. The first-order valence-corrected chi connectivity index (χ1v) is 7.73. The predicted octanol–water partition coefficient (Wildman–Crippen LogP) is 2.71. The lowest BCUT2D eigenvalue weighted by atomic mass is 9.97. The molecule has 2 aromatic rings. The zero-order valence-electron chi connectivity index (χ0n) is 12.9. The van der Waals surface area contributed by atoms with E-state index in [9.17, 15) is 0 Å². The van der Waals surface area contributed by atoms with E-state index in [0.717, 1.165) is 31.2 Å². The number of hydrogen-bond donors (Lipinski definition) is 1. The molecule has 0 amide bonds. The molecule has 0 radical (unpaired) electrons. The quantitative estimate of drug-likeness (QED) is 0.922. The van der Waals surface area contributed by atoms with Gasteiger partial charge in [0.25, 0.3) is 0 Å². The number of nitrogens with one attached hydrogen (secondary N) is 1. The minimum atomic E-state index is 0.477. The third kappa shape index (κ3) is 3.74. The number of nitrogens with zero attached hydrogens (tertiary/aromatic N) is 3. The van der Waals surface area contributed by atoms with Crippen molar-refractivity contribution in [2.45, 2.75) is 18.8 Å². The van der Waals surface area contributed by atoms with Gasteiger partial charge in [-0.15, -0.1) is 0 Å². The maximum Gasteiger partial charge on any atom is 0.137 e. The standard InChI is InChI=1S/C17H22N4O/c1-22-16-8-6-14(7-9-16)4-2-10-21-11-3-5-15(12-21)17-18-13-19-20-17/h2,4,6-9,13,15H,3,5,10-12H2,1H3,(H,18,19,20)/b4-2+. The van der Waals surface area contributed by atoms with Crippen LogP contribution in [-0.4, -0.2) is 46.8 Å². The second kappa shape index (κ2) is 7.22. The van der Waals surface area contributed by atoms with Crippen LogP contribution in [0.2, 0.25) is 0 Å². The molecule has 1 aromatic carbocycles. The molecule has 1 saturated heterocycles. The molecule has 1 fully saturated rings. The van der Waals surface area contributed by atoms with E-state index in [1.807, 2.05) is 12.1 Å². The molecule has 0 saturated carbocycles. The highest BCUT2D eigenvalue weighted by Crippen LogP contribution is 2.23. The van der Waals surface area contributed by atoms with Gasteiger partial charge in [-0.05, 0) is 37.1 Å². The summed E-state index contributed by atoms with van der Waals surface area (Å²) in [6, 6.07) is 8.12. The molecule has 0 spiro atoms. The number of hydrogen-bond acceptors (Lipinski definition) is 4. The maximum absolute atomic E-state index is 5.17. The highest BCUT2D eigenvalue weighted by molar-refractivity contribution is 5.50. The lowest BCUT2D eigenvalue weighted by Gasteiger charge is -2.30. The zero-order valence-corrected chi connectivity index (χ0v) is 12.9. The fourth-order valence-electron chi connectivity index (χ4n) is 2.91. The summed E-state index contributed by atoms with van der Waals surface area (Å²) in [7, 11) is 1.69. The van der Waals surface area contributed by atoms with Gasteiger partial charge in [0.05, 0.1) is 7.11 Å². The molecule has 1 N–H and O–H groups in total. The number of aromatic nitrogens is 3. The summed E-state index contributed by atoms with van der Waals surface area (Å²) in [4.78, 5) is 6.76. The minimum Gasteiger partial charge on any atom is -0.497 e. The van der Waals surface area contributed by atoms with Crippen molar-refractivity contribution in [1.29, 1.82) is 0 Å². The number of piperidine rings is 1. The Kier molecular flexibility index (Phi) is 4.85. The van der Waals surface area contributed by atoms with E-state index in [0.29, 0.717) is 5.92 Å². The lowest BCUT2D eigenvalue weighted by molar-refractivity contribution is 0.224. The molecule has 5 heteroatoms. The van der Waals surface area contributed by atoms with E-state index in [-0.39, 0.29) is 0 Å². The van der Waals surface area contributed by atoms with Gasteiger partial charge < -0.3 is 4.74 Å². The van der Waals surface area contributed by atoms with Crippen LogP contribution in [0.25, 0.3) is 6.08 Å². The van der Waals surface area contributed by atoms with Gasteiger partial charge in [-0.2, -0.15) is 5.10 Å². The fraction of sp³-hybridized carbons (Fsp3) is 0.412. The molecule has 1 unspecified atom stereocenters. The Morgan fingerprint density at radius 1 is 1.36 bits per heavy atom. The molecule has 116 valence electrons. The van der Waals surface area contributed by atoms with E-state index in [4.69, 9.17) is 4.74 Å². The van der Waals surface area contributed by atoms with Crippen LogP contribution in [0, 0.1) is 0 Å². The van der Waals surface area contributed by atoms with E-state index in [1.165, 1.54) is 18.4 Å². The van der Waals surface area contributed by atoms with E-state index in [2.05, 4.69) is 44.4 Å². The Bertz CT molecular complexity index is 592. The van der Waals surface area contributed by atoms with Gasteiger partial charge in [-0.3, -0.25) is 10.00 Å². The van der Waals surface area contributed by atoms with Crippen LogP contribution in [0.1, 0.15) is 30.1 Å². The molecule has 3 rings (SSSR count). The van der Waals surface area contributed by atoms with E-state index < -0.39 is 0 Å². The van der Waals surface area contributed by atoms with Gasteiger partial charge >= 0.3 is 0 Å². The molecule has 1 aliphatic heterocycles. The topological polar surface area (TPSA) is 54.0 Å². The molecule has 1 atom stereocenters. The molecule has 5 nitrogen and oxygen atoms in total. The first-order valence-electron chi connectivity index (χ1n) is 7.73. The van der Waals surface area contributed by atoms with Crippen LogP contribution in [0.15, 0.2) is 36.7 Å². The monoisotopic (exact) mass is 298 g/mol. The van der Waals surface area contributed by atoms with Crippen molar-refractivity contribution < 1.29 is 4.74 Å². The summed E-state index contributed by atoms with van der Waals surface area (Å²) in [6.45, 7) is 3.16. The average Bonchev–Trinajstić information content (AvgIpc) is 3.10. The van der Waals surface area contributed by atoms with Crippen LogP contribution in [0.4, 0.5) is 0 Å². The van der Waals surface area contributed by atoms with Gasteiger partial charge in [0.1, 0.15) is 17.9 Å². The van der Waals surface area contributed by atoms with Crippen LogP contribution < -0.4 is 4.74 Å². The van der Waals surface area contributed by atoms with Gasteiger partial charge in [-0.1, -0.05) is 24.3 Å². The number of aromatic amines is 1. The van der Waals surface area contributed by atoms with Crippen molar-refractivity contribution in [2.24, 2.45) is 0 Å². The van der Waals surface area contributed by atoms with Gasteiger partial charge in [0.15, 0.2) is 0 Å². The summed E-state index contributed by atoms with van der Waals surface area (Å²) >= 11 is 0. The van der Waals surface area contributed by atoms with Crippen LogP contribution in [-0.2, 0) is 0 Å². The Labute approximate surface area is 131 Å². The SMILES string of the molecule is COc1ccc(/C=C/CN2CCCC(c3ncn[nH]3)C2)cc1. The second-order valence-electron chi connectivity index (χ2n) is 5.64. The number of benzene rings is 1. The summed E-state index contributed by atoms with van der Waals surface area (Å²) in [6.07, 6.45) is 8.38. The number of rotatable bonds is 5. The third-order valence-corrected chi connectivity index (χ3v) is 4.12. The Balaban J connectivity index is 1.53. The normalized spacial score (nSPS) is 19.6. The lowest BCUT2D eigenvalue weighted by Crippen LogP contribution is -2.34. The summed E-state index contributed by atoms with van der Waals surface area (Å²) in [5.41, 5.74) is 1.20. The highest BCUT2D eigenvalue weighted by Gasteiger charge is 2.22. The molecule has 22 heavy (non-hydrogen) atoms. The summed E-state index contributed by atoms with van der Waals surface area (Å²) in [5, 5.41) is 6.96. The first-order chi connectivity index (χ1) is 10.8. The number of methoxy groups -OCH3 is 1. The Morgan fingerprint density at radius 3 is 2.95 bits per heavy atom.